The quantitative estimate of drug-likeness (QED) is 0.710. The highest BCUT2D eigenvalue weighted by Crippen LogP contribution is 2.30. The third-order valence-corrected chi connectivity index (χ3v) is 3.89. The van der Waals surface area contributed by atoms with Gasteiger partial charge in [0.25, 0.3) is 5.91 Å². The lowest BCUT2D eigenvalue weighted by molar-refractivity contribution is -0.137. The van der Waals surface area contributed by atoms with Crippen LogP contribution in [0, 0.1) is 0 Å². The molecule has 0 fully saturated rings. The van der Waals surface area contributed by atoms with E-state index in [-0.39, 0.29) is 16.2 Å². The van der Waals surface area contributed by atoms with Crippen LogP contribution in [-0.2, 0) is 11.6 Å². The molecular formula is C19H19F3N2OS. The number of anilines is 1. The van der Waals surface area contributed by atoms with E-state index < -0.39 is 17.6 Å². The summed E-state index contributed by atoms with van der Waals surface area (Å²) in [6.45, 7) is 6.20. The highest BCUT2D eigenvalue weighted by atomic mass is 32.1. The van der Waals surface area contributed by atoms with Gasteiger partial charge in [0.2, 0.25) is 0 Å². The first-order chi connectivity index (χ1) is 12.0. The summed E-state index contributed by atoms with van der Waals surface area (Å²) in [4.78, 5) is 12.2. The summed E-state index contributed by atoms with van der Waals surface area (Å²) >= 11 is 5.01. The Bertz CT molecular complexity index is 809. The molecule has 138 valence electrons. The molecule has 2 N–H and O–H groups in total. The lowest BCUT2D eigenvalue weighted by Gasteiger charge is -2.19. The molecule has 2 aromatic rings. The van der Waals surface area contributed by atoms with Gasteiger partial charge < -0.3 is 5.32 Å². The molecule has 1 amide bonds. The lowest BCUT2D eigenvalue weighted by atomic mass is 9.87. The van der Waals surface area contributed by atoms with Gasteiger partial charge in [-0.05, 0) is 53.5 Å². The molecule has 26 heavy (non-hydrogen) atoms. The maximum atomic E-state index is 12.7. The van der Waals surface area contributed by atoms with Gasteiger partial charge in [-0.1, -0.05) is 39.0 Å². The number of amides is 1. The number of carbonyl (C=O) groups excluding carboxylic acids is 1. The summed E-state index contributed by atoms with van der Waals surface area (Å²) in [7, 11) is 0. The average molecular weight is 380 g/mol. The number of thiocarbonyl (C=S) groups is 1. The maximum Gasteiger partial charge on any atom is 0.416 e. The molecule has 0 radical (unpaired) electrons. The second-order valence-electron chi connectivity index (χ2n) is 6.81. The lowest BCUT2D eigenvalue weighted by Crippen LogP contribution is -2.34. The molecule has 3 nitrogen and oxygen atoms in total. The van der Waals surface area contributed by atoms with Crippen molar-refractivity contribution in [3.63, 3.8) is 0 Å². The van der Waals surface area contributed by atoms with Crippen molar-refractivity contribution in [2.24, 2.45) is 0 Å². The number of benzene rings is 2. The Morgan fingerprint density at radius 2 is 1.58 bits per heavy atom. The normalized spacial score (nSPS) is 11.8. The van der Waals surface area contributed by atoms with Gasteiger partial charge in [-0.25, -0.2) is 0 Å². The molecule has 2 aromatic carbocycles. The number of nitrogens with one attached hydrogen (secondary N) is 2. The van der Waals surface area contributed by atoms with Crippen molar-refractivity contribution in [2.75, 3.05) is 5.32 Å². The van der Waals surface area contributed by atoms with Crippen molar-refractivity contribution in [2.45, 2.75) is 32.4 Å². The van der Waals surface area contributed by atoms with Crippen LogP contribution in [0.5, 0.6) is 0 Å². The summed E-state index contributed by atoms with van der Waals surface area (Å²) in [6, 6.07) is 11.7. The fourth-order valence-corrected chi connectivity index (χ4v) is 2.44. The molecule has 0 heterocycles. The SMILES string of the molecule is CC(C)(C)c1ccc(C(=O)NC(=S)Nc2cccc(C(F)(F)F)c2)cc1. The summed E-state index contributed by atoms with van der Waals surface area (Å²) in [5, 5.41) is 4.98. The second-order valence-corrected chi connectivity index (χ2v) is 7.22. The summed E-state index contributed by atoms with van der Waals surface area (Å²) in [5.41, 5.74) is 0.808. The molecule has 0 saturated heterocycles. The van der Waals surface area contributed by atoms with Gasteiger partial charge in [-0.15, -0.1) is 0 Å². The summed E-state index contributed by atoms with van der Waals surface area (Å²) in [5.74, 6) is -0.435. The fraction of sp³-hybridized carbons (Fsp3) is 0.263. The highest BCUT2D eigenvalue weighted by Gasteiger charge is 2.30. The van der Waals surface area contributed by atoms with E-state index in [1.165, 1.54) is 12.1 Å². The third-order valence-electron chi connectivity index (χ3n) is 3.69. The minimum Gasteiger partial charge on any atom is -0.332 e. The first-order valence-electron chi connectivity index (χ1n) is 7.87. The Balaban J connectivity index is 2.03. The Morgan fingerprint density at radius 3 is 2.12 bits per heavy atom. The van der Waals surface area contributed by atoms with Gasteiger partial charge >= 0.3 is 6.18 Å². The first kappa shape index (κ1) is 19.9. The van der Waals surface area contributed by atoms with E-state index >= 15 is 0 Å². The van der Waals surface area contributed by atoms with Crippen LogP contribution in [0.25, 0.3) is 0 Å². The van der Waals surface area contributed by atoms with Crippen LogP contribution in [0.1, 0.15) is 42.3 Å². The maximum absolute atomic E-state index is 12.7. The topological polar surface area (TPSA) is 41.1 Å². The predicted octanol–water partition coefficient (Wildman–Crippen LogP) is 5.13. The smallest absolute Gasteiger partial charge is 0.332 e. The zero-order valence-corrected chi connectivity index (χ0v) is 15.4. The van der Waals surface area contributed by atoms with E-state index in [2.05, 4.69) is 31.4 Å². The molecule has 0 spiro atoms. The summed E-state index contributed by atoms with van der Waals surface area (Å²) < 4.78 is 38.2. The molecule has 7 heteroatoms. The second kappa shape index (κ2) is 7.45. The molecular weight excluding hydrogens is 361 g/mol. The van der Waals surface area contributed by atoms with Crippen LogP contribution in [-0.4, -0.2) is 11.0 Å². The van der Waals surface area contributed by atoms with Gasteiger partial charge in [-0.2, -0.15) is 13.2 Å². The number of carbonyl (C=O) groups is 1. The standard InChI is InChI=1S/C19H19F3N2OS/c1-18(2,3)13-9-7-12(8-10-13)16(25)24-17(26)23-15-6-4-5-14(11-15)19(20,21)22/h4-11H,1-3H3,(H2,23,24,25,26). The van der Waals surface area contributed by atoms with E-state index in [1.807, 2.05) is 12.1 Å². The zero-order valence-electron chi connectivity index (χ0n) is 14.6. The number of rotatable bonds is 2. The average Bonchev–Trinajstić information content (AvgIpc) is 2.53. The van der Waals surface area contributed by atoms with Gasteiger partial charge in [0, 0.05) is 11.3 Å². The first-order valence-corrected chi connectivity index (χ1v) is 8.28. The molecule has 0 aliphatic carbocycles. The molecule has 0 aliphatic heterocycles. The molecule has 0 unspecified atom stereocenters. The molecule has 0 bridgehead atoms. The Morgan fingerprint density at radius 1 is 0.962 bits per heavy atom. The van der Waals surface area contributed by atoms with Crippen molar-refractivity contribution < 1.29 is 18.0 Å². The van der Waals surface area contributed by atoms with E-state index in [1.54, 1.807) is 12.1 Å². The van der Waals surface area contributed by atoms with Crippen molar-refractivity contribution in [3.8, 4) is 0 Å². The van der Waals surface area contributed by atoms with E-state index in [4.69, 9.17) is 12.2 Å². The third kappa shape index (κ3) is 5.29. The van der Waals surface area contributed by atoms with Crippen LogP contribution in [0.15, 0.2) is 48.5 Å². The van der Waals surface area contributed by atoms with Gasteiger partial charge in [-0.3, -0.25) is 10.1 Å². The molecule has 0 aromatic heterocycles. The van der Waals surface area contributed by atoms with E-state index in [9.17, 15) is 18.0 Å². The van der Waals surface area contributed by atoms with Gasteiger partial charge in [0.1, 0.15) is 0 Å². The van der Waals surface area contributed by atoms with Crippen molar-refractivity contribution in [3.05, 3.63) is 65.2 Å². The summed E-state index contributed by atoms with van der Waals surface area (Å²) in [6.07, 6.45) is -4.45. The number of hydrogen-bond donors (Lipinski definition) is 2. The van der Waals surface area contributed by atoms with Crippen LogP contribution in [0.2, 0.25) is 0 Å². The van der Waals surface area contributed by atoms with E-state index in [0.29, 0.717) is 5.56 Å². The largest absolute Gasteiger partial charge is 0.416 e. The number of alkyl halides is 3. The Hall–Kier alpha value is -2.41. The number of hydrogen-bond acceptors (Lipinski definition) is 2. The van der Waals surface area contributed by atoms with Crippen LogP contribution < -0.4 is 10.6 Å². The van der Waals surface area contributed by atoms with Gasteiger partial charge in [0.05, 0.1) is 5.56 Å². The highest BCUT2D eigenvalue weighted by molar-refractivity contribution is 7.80. The zero-order chi connectivity index (χ0) is 19.5. The Labute approximate surface area is 155 Å². The Kier molecular flexibility index (Phi) is 5.71. The van der Waals surface area contributed by atoms with Crippen LogP contribution in [0.4, 0.5) is 18.9 Å². The molecule has 0 saturated carbocycles. The minimum absolute atomic E-state index is 0.0324. The fourth-order valence-electron chi connectivity index (χ4n) is 2.23. The van der Waals surface area contributed by atoms with Crippen molar-refractivity contribution >= 4 is 28.9 Å². The van der Waals surface area contributed by atoms with E-state index in [0.717, 1.165) is 17.7 Å². The van der Waals surface area contributed by atoms with Crippen molar-refractivity contribution in [1.29, 1.82) is 0 Å². The molecule has 2 rings (SSSR count). The number of halogens is 3. The van der Waals surface area contributed by atoms with Crippen LogP contribution >= 0.6 is 12.2 Å². The van der Waals surface area contributed by atoms with Crippen molar-refractivity contribution in [1.82, 2.24) is 5.32 Å². The van der Waals surface area contributed by atoms with Crippen LogP contribution in [0.3, 0.4) is 0 Å². The van der Waals surface area contributed by atoms with Gasteiger partial charge in [0.15, 0.2) is 5.11 Å². The monoisotopic (exact) mass is 380 g/mol. The molecule has 0 aliphatic rings. The minimum atomic E-state index is -4.45. The predicted molar refractivity (Wildman–Crippen MR) is 100 cm³/mol. The molecule has 0 atom stereocenters.